The number of hydrogen-bond donors (Lipinski definition) is 0. The second kappa shape index (κ2) is 6.71. The van der Waals surface area contributed by atoms with Crippen LogP contribution < -0.4 is 9.80 Å². The van der Waals surface area contributed by atoms with E-state index in [1.807, 2.05) is 13.0 Å². The van der Waals surface area contributed by atoms with Gasteiger partial charge in [0.1, 0.15) is 0 Å². The van der Waals surface area contributed by atoms with Crippen LogP contribution in [0.5, 0.6) is 0 Å². The Morgan fingerprint density at radius 3 is 1.36 bits per heavy atom. The van der Waals surface area contributed by atoms with Crippen LogP contribution in [-0.4, -0.2) is 23.6 Å². The highest BCUT2D eigenvalue weighted by Crippen LogP contribution is 2.40. The monoisotopic (exact) mass is 432 g/mol. The van der Waals surface area contributed by atoms with Gasteiger partial charge in [0, 0.05) is 33.0 Å². The summed E-state index contributed by atoms with van der Waals surface area (Å²) in [6, 6.07) is 22.1. The van der Waals surface area contributed by atoms with Gasteiger partial charge >= 0.3 is 0 Å². The van der Waals surface area contributed by atoms with E-state index in [2.05, 4.69) is 0 Å². The summed E-state index contributed by atoms with van der Waals surface area (Å²) in [5, 5.41) is 0.719. The van der Waals surface area contributed by atoms with Crippen LogP contribution in [0.25, 0.3) is 10.8 Å². The van der Waals surface area contributed by atoms with E-state index in [1.165, 1.54) is 0 Å². The smallest absolute Gasteiger partial charge is 0.265 e. The molecule has 0 spiro atoms. The number of rotatable bonds is 2. The Hall–Kier alpha value is -4.58. The van der Waals surface area contributed by atoms with E-state index in [0.29, 0.717) is 44.4 Å². The summed E-state index contributed by atoms with van der Waals surface area (Å²) in [6.45, 7) is 1.89. The molecule has 4 aromatic rings. The lowest BCUT2D eigenvalue weighted by atomic mass is 9.85. The summed E-state index contributed by atoms with van der Waals surface area (Å²) < 4.78 is 0. The van der Waals surface area contributed by atoms with Gasteiger partial charge in [0.25, 0.3) is 23.6 Å². The van der Waals surface area contributed by atoms with Gasteiger partial charge in [-0.05, 0) is 61.0 Å². The highest BCUT2D eigenvalue weighted by Gasteiger charge is 2.40. The van der Waals surface area contributed by atoms with Gasteiger partial charge in [-0.2, -0.15) is 0 Å². The Balaban J connectivity index is 1.58. The standard InChI is InChI=1S/C27H16N2O4/c1-15-6-5-9-17(14-15)29-26(32)20-12-10-18-22-19(11-13-21(23(20)22)27(29)33)25(31)28(24(18)30)16-7-3-2-4-8-16/h2-14H,1H3. The molecule has 0 saturated heterocycles. The van der Waals surface area contributed by atoms with Gasteiger partial charge in [-0.25, -0.2) is 9.80 Å². The minimum Gasteiger partial charge on any atom is -0.268 e. The van der Waals surface area contributed by atoms with Crippen molar-refractivity contribution in [3.05, 3.63) is 107 Å². The number of aryl methyl sites for hydroxylation is 1. The predicted molar refractivity (Wildman–Crippen MR) is 124 cm³/mol. The van der Waals surface area contributed by atoms with Crippen LogP contribution in [0.3, 0.4) is 0 Å². The number of amides is 4. The largest absolute Gasteiger partial charge is 0.268 e. The molecule has 2 aliphatic heterocycles. The molecule has 6 heteroatoms. The molecule has 0 unspecified atom stereocenters. The SMILES string of the molecule is Cc1cccc(N2C(=O)c3ccc4c5c(ccc(c35)C2=O)C(=O)N(c2ccccc2)C4=O)c1. The number of benzene rings is 4. The summed E-state index contributed by atoms with van der Waals surface area (Å²) in [7, 11) is 0. The van der Waals surface area contributed by atoms with Crippen LogP contribution in [0, 0.1) is 6.92 Å². The van der Waals surface area contributed by atoms with E-state index < -0.39 is 23.6 Å². The molecule has 0 aromatic heterocycles. The van der Waals surface area contributed by atoms with Crippen molar-refractivity contribution in [3.63, 3.8) is 0 Å². The fourth-order valence-corrected chi connectivity index (χ4v) is 4.69. The van der Waals surface area contributed by atoms with Gasteiger partial charge in [-0.1, -0.05) is 30.3 Å². The minimum atomic E-state index is -0.483. The van der Waals surface area contributed by atoms with Crippen LogP contribution in [0.15, 0.2) is 78.9 Å². The first-order valence-corrected chi connectivity index (χ1v) is 10.5. The third-order valence-electron chi connectivity index (χ3n) is 6.17. The number of nitrogens with zero attached hydrogens (tertiary/aromatic N) is 2. The van der Waals surface area contributed by atoms with Gasteiger partial charge in [0.15, 0.2) is 0 Å². The lowest BCUT2D eigenvalue weighted by Gasteiger charge is -2.32. The third kappa shape index (κ3) is 2.55. The zero-order valence-corrected chi connectivity index (χ0v) is 17.5. The molecule has 0 atom stereocenters. The molecule has 6 nitrogen and oxygen atoms in total. The average Bonchev–Trinajstić information content (AvgIpc) is 2.82. The number of carbonyl (C=O) groups excluding carboxylic acids is 4. The minimum absolute atomic E-state index is 0.290. The van der Waals surface area contributed by atoms with Gasteiger partial charge in [0.2, 0.25) is 0 Å². The first-order chi connectivity index (χ1) is 16.0. The zero-order chi connectivity index (χ0) is 22.9. The molecule has 2 aliphatic rings. The van der Waals surface area contributed by atoms with Crippen LogP contribution >= 0.6 is 0 Å². The fraction of sp³-hybridized carbons (Fsp3) is 0.0370. The van der Waals surface area contributed by atoms with Crippen molar-refractivity contribution in [1.29, 1.82) is 0 Å². The third-order valence-corrected chi connectivity index (χ3v) is 6.17. The molecular weight excluding hydrogens is 416 g/mol. The molecule has 0 radical (unpaired) electrons. The van der Waals surface area contributed by atoms with Gasteiger partial charge < -0.3 is 0 Å². The highest BCUT2D eigenvalue weighted by atomic mass is 16.2. The van der Waals surface area contributed by atoms with Gasteiger partial charge in [-0.15, -0.1) is 0 Å². The summed E-state index contributed by atoms with van der Waals surface area (Å²) in [6.07, 6.45) is 0. The van der Waals surface area contributed by atoms with Gasteiger partial charge in [0.05, 0.1) is 11.4 Å². The lowest BCUT2D eigenvalue weighted by Crippen LogP contribution is -2.43. The summed E-state index contributed by atoms with van der Waals surface area (Å²) >= 11 is 0. The molecule has 0 bridgehead atoms. The maximum Gasteiger partial charge on any atom is 0.265 e. The zero-order valence-electron chi connectivity index (χ0n) is 17.5. The first kappa shape index (κ1) is 19.1. The Labute approximate surface area is 188 Å². The molecule has 0 aliphatic carbocycles. The fourth-order valence-electron chi connectivity index (χ4n) is 4.69. The molecule has 0 saturated carbocycles. The first-order valence-electron chi connectivity index (χ1n) is 10.5. The molecule has 6 rings (SSSR count). The van der Waals surface area contributed by atoms with Crippen molar-refractivity contribution in [1.82, 2.24) is 0 Å². The number of imide groups is 2. The Bertz CT molecular complexity index is 1480. The molecule has 0 N–H and O–H groups in total. The Kier molecular flexibility index (Phi) is 3.89. The lowest BCUT2D eigenvalue weighted by molar-refractivity contribution is 0.0873. The second-order valence-electron chi connectivity index (χ2n) is 8.14. The molecular formula is C27H16N2O4. The molecule has 0 fully saturated rings. The van der Waals surface area contributed by atoms with Crippen molar-refractivity contribution < 1.29 is 19.2 Å². The molecule has 2 heterocycles. The van der Waals surface area contributed by atoms with E-state index in [1.54, 1.807) is 72.8 Å². The average molecular weight is 432 g/mol. The number of anilines is 2. The van der Waals surface area contributed by atoms with E-state index in [4.69, 9.17) is 0 Å². The second-order valence-corrected chi connectivity index (χ2v) is 8.14. The maximum atomic E-state index is 13.4. The van der Waals surface area contributed by atoms with Crippen molar-refractivity contribution in [2.24, 2.45) is 0 Å². The van der Waals surface area contributed by atoms with Crippen LogP contribution in [0.2, 0.25) is 0 Å². The van der Waals surface area contributed by atoms with Crippen LogP contribution in [0.4, 0.5) is 11.4 Å². The van der Waals surface area contributed by atoms with E-state index >= 15 is 0 Å². The number of para-hydroxylation sites is 1. The van der Waals surface area contributed by atoms with E-state index in [9.17, 15) is 19.2 Å². The quantitative estimate of drug-likeness (QED) is 0.429. The predicted octanol–water partition coefficient (Wildman–Crippen LogP) is 4.75. The Morgan fingerprint density at radius 1 is 0.485 bits per heavy atom. The van der Waals surface area contributed by atoms with Crippen molar-refractivity contribution >= 4 is 45.8 Å². The van der Waals surface area contributed by atoms with E-state index in [0.717, 1.165) is 15.4 Å². The molecule has 4 amide bonds. The van der Waals surface area contributed by atoms with Gasteiger partial charge in [-0.3, -0.25) is 19.2 Å². The van der Waals surface area contributed by atoms with Crippen molar-refractivity contribution in [2.75, 3.05) is 9.80 Å². The highest BCUT2D eigenvalue weighted by molar-refractivity contribution is 6.42. The normalized spacial score (nSPS) is 14.9. The maximum absolute atomic E-state index is 13.4. The Morgan fingerprint density at radius 2 is 0.909 bits per heavy atom. The summed E-state index contributed by atoms with van der Waals surface area (Å²) in [5.74, 6) is -1.92. The molecule has 4 aromatic carbocycles. The topological polar surface area (TPSA) is 74.8 Å². The number of carbonyl (C=O) groups is 4. The summed E-state index contributed by atoms with van der Waals surface area (Å²) in [5.41, 5.74) is 3.02. The molecule has 33 heavy (non-hydrogen) atoms. The van der Waals surface area contributed by atoms with Crippen molar-refractivity contribution in [2.45, 2.75) is 6.92 Å². The van der Waals surface area contributed by atoms with Crippen LogP contribution in [-0.2, 0) is 0 Å². The molecule has 158 valence electrons. The number of hydrogen-bond acceptors (Lipinski definition) is 4. The summed E-state index contributed by atoms with van der Waals surface area (Å²) in [4.78, 5) is 55.8. The van der Waals surface area contributed by atoms with Crippen LogP contribution in [0.1, 0.15) is 47.0 Å². The van der Waals surface area contributed by atoms with E-state index in [-0.39, 0.29) is 0 Å². The van der Waals surface area contributed by atoms with Crippen molar-refractivity contribution in [3.8, 4) is 0 Å².